The van der Waals surface area contributed by atoms with Gasteiger partial charge < -0.3 is 20.1 Å². The second kappa shape index (κ2) is 8.80. The molecule has 0 spiro atoms. The highest BCUT2D eigenvalue weighted by Crippen LogP contribution is 2.33. The van der Waals surface area contributed by atoms with E-state index in [1.807, 2.05) is 0 Å². The van der Waals surface area contributed by atoms with Crippen LogP contribution in [0.3, 0.4) is 0 Å². The number of nitrogens with zero attached hydrogens (tertiary/aromatic N) is 2. The van der Waals surface area contributed by atoms with Gasteiger partial charge in [0.2, 0.25) is 11.8 Å². The van der Waals surface area contributed by atoms with Crippen LogP contribution in [0.25, 0.3) is 0 Å². The van der Waals surface area contributed by atoms with Crippen molar-refractivity contribution in [1.82, 2.24) is 20.7 Å². The van der Waals surface area contributed by atoms with E-state index < -0.39 is 18.0 Å². The monoisotopic (exact) mass is 400 g/mol. The summed E-state index contributed by atoms with van der Waals surface area (Å²) >= 11 is 0. The number of carbonyl (C=O) groups excluding carboxylic acids is 3. The molecule has 156 valence electrons. The van der Waals surface area contributed by atoms with Crippen LogP contribution in [-0.2, 0) is 9.59 Å². The SMILES string of the molecule is O=C(N[C@H]1CCCCC/C=C\[C@@H]2CC2NC(=O)C2CCCN2C1=O)c1ccon1. The first-order valence-electron chi connectivity index (χ1n) is 10.6. The lowest BCUT2D eigenvalue weighted by Gasteiger charge is -2.28. The van der Waals surface area contributed by atoms with Crippen LogP contribution in [0.1, 0.15) is 61.9 Å². The zero-order valence-corrected chi connectivity index (χ0v) is 16.5. The predicted octanol–water partition coefficient (Wildman–Crippen LogP) is 1.79. The van der Waals surface area contributed by atoms with E-state index in [-0.39, 0.29) is 23.6 Å². The molecule has 2 fully saturated rings. The quantitative estimate of drug-likeness (QED) is 0.737. The smallest absolute Gasteiger partial charge is 0.274 e. The minimum absolute atomic E-state index is 0.0757. The number of rotatable bonds is 2. The van der Waals surface area contributed by atoms with Crippen molar-refractivity contribution >= 4 is 17.7 Å². The lowest BCUT2D eigenvalue weighted by Crippen LogP contribution is -2.53. The molecule has 2 N–H and O–H groups in total. The van der Waals surface area contributed by atoms with Gasteiger partial charge in [-0.25, -0.2) is 0 Å². The fourth-order valence-electron chi connectivity index (χ4n) is 4.25. The second-order valence-corrected chi connectivity index (χ2v) is 8.18. The predicted molar refractivity (Wildman–Crippen MR) is 105 cm³/mol. The van der Waals surface area contributed by atoms with Crippen LogP contribution in [0.15, 0.2) is 29.0 Å². The molecule has 2 aliphatic heterocycles. The van der Waals surface area contributed by atoms with Crippen LogP contribution < -0.4 is 10.6 Å². The minimum Gasteiger partial charge on any atom is -0.364 e. The Labute approximate surface area is 170 Å². The summed E-state index contributed by atoms with van der Waals surface area (Å²) < 4.78 is 4.73. The molecule has 1 aromatic rings. The van der Waals surface area contributed by atoms with Crippen molar-refractivity contribution in [2.45, 2.75) is 69.5 Å². The number of hydrogen-bond acceptors (Lipinski definition) is 5. The number of aromatic nitrogens is 1. The van der Waals surface area contributed by atoms with E-state index >= 15 is 0 Å². The van der Waals surface area contributed by atoms with E-state index in [0.717, 1.165) is 38.5 Å². The van der Waals surface area contributed by atoms with Gasteiger partial charge in [0.05, 0.1) is 0 Å². The summed E-state index contributed by atoms with van der Waals surface area (Å²) in [7, 11) is 0. The number of amides is 3. The van der Waals surface area contributed by atoms with Gasteiger partial charge in [0, 0.05) is 18.7 Å². The van der Waals surface area contributed by atoms with E-state index in [4.69, 9.17) is 4.52 Å². The maximum absolute atomic E-state index is 13.3. The van der Waals surface area contributed by atoms with E-state index in [9.17, 15) is 14.4 Å². The summed E-state index contributed by atoms with van der Waals surface area (Å²) in [4.78, 5) is 40.2. The fourth-order valence-corrected chi connectivity index (χ4v) is 4.25. The molecule has 1 saturated carbocycles. The van der Waals surface area contributed by atoms with Gasteiger partial charge in [0.25, 0.3) is 5.91 Å². The highest BCUT2D eigenvalue weighted by atomic mass is 16.5. The molecule has 3 amide bonds. The third kappa shape index (κ3) is 4.68. The minimum atomic E-state index is -0.665. The molecule has 29 heavy (non-hydrogen) atoms. The summed E-state index contributed by atoms with van der Waals surface area (Å²) in [6, 6.07) is 0.534. The zero-order valence-electron chi connectivity index (χ0n) is 16.5. The molecule has 3 heterocycles. The Morgan fingerprint density at radius 3 is 2.93 bits per heavy atom. The maximum Gasteiger partial charge on any atom is 0.274 e. The second-order valence-electron chi connectivity index (χ2n) is 8.18. The average molecular weight is 400 g/mol. The molecule has 1 aliphatic carbocycles. The molecule has 0 bridgehead atoms. The lowest BCUT2D eigenvalue weighted by molar-refractivity contribution is -0.140. The van der Waals surface area contributed by atoms with Gasteiger partial charge in [-0.2, -0.15) is 0 Å². The Morgan fingerprint density at radius 1 is 1.21 bits per heavy atom. The summed E-state index contributed by atoms with van der Waals surface area (Å²) in [6.07, 6.45) is 12.6. The molecule has 4 atom stereocenters. The molecule has 0 radical (unpaired) electrons. The van der Waals surface area contributed by atoms with Crippen LogP contribution in [0, 0.1) is 5.92 Å². The van der Waals surface area contributed by atoms with Crippen LogP contribution >= 0.6 is 0 Å². The Hall–Kier alpha value is -2.64. The number of carbonyl (C=O) groups is 3. The first-order valence-corrected chi connectivity index (χ1v) is 10.6. The van der Waals surface area contributed by atoms with Crippen molar-refractivity contribution in [1.29, 1.82) is 0 Å². The molecule has 8 nitrogen and oxygen atoms in total. The van der Waals surface area contributed by atoms with Crippen molar-refractivity contribution in [2.75, 3.05) is 6.54 Å². The lowest BCUT2D eigenvalue weighted by atomic mass is 10.0. The Balaban J connectivity index is 1.49. The van der Waals surface area contributed by atoms with E-state index in [1.165, 1.54) is 12.3 Å². The Morgan fingerprint density at radius 2 is 2.10 bits per heavy atom. The summed E-state index contributed by atoms with van der Waals surface area (Å²) in [5.74, 6) is -0.267. The highest BCUT2D eigenvalue weighted by Gasteiger charge is 2.42. The summed E-state index contributed by atoms with van der Waals surface area (Å²) in [5, 5.41) is 9.56. The molecular weight excluding hydrogens is 372 g/mol. The number of allylic oxidation sites excluding steroid dienone is 1. The van der Waals surface area contributed by atoms with Gasteiger partial charge in [0.1, 0.15) is 18.3 Å². The van der Waals surface area contributed by atoms with E-state index in [0.29, 0.717) is 25.3 Å². The molecule has 4 rings (SSSR count). The fraction of sp³-hybridized carbons (Fsp3) is 0.619. The first kappa shape index (κ1) is 19.7. The number of fused-ring (bicyclic) bond motifs is 2. The third-order valence-corrected chi connectivity index (χ3v) is 6.03. The molecule has 0 aromatic carbocycles. The van der Waals surface area contributed by atoms with Gasteiger partial charge in [0.15, 0.2) is 5.69 Å². The van der Waals surface area contributed by atoms with Crippen LogP contribution in [-0.4, -0.2) is 52.4 Å². The van der Waals surface area contributed by atoms with E-state index in [1.54, 1.807) is 4.90 Å². The van der Waals surface area contributed by atoms with Gasteiger partial charge in [-0.05, 0) is 44.4 Å². The standard InChI is InChI=1S/C21H28N4O4/c26-19(15-10-12-29-24-15)22-16-8-5-3-1-2-4-7-14-13-17(14)23-20(27)18-9-6-11-25(18)21(16)28/h4,7,10,12,14,16-18H,1-3,5-6,8-9,11,13H2,(H,22,26)(H,23,27)/b7-4-/t14-,16+,17?,18?/m1/s1. The maximum atomic E-state index is 13.3. The van der Waals surface area contributed by atoms with Crippen molar-refractivity contribution in [3.05, 3.63) is 30.2 Å². The molecular formula is C21H28N4O4. The third-order valence-electron chi connectivity index (χ3n) is 6.03. The topological polar surface area (TPSA) is 105 Å². The Kier molecular flexibility index (Phi) is 5.97. The highest BCUT2D eigenvalue weighted by molar-refractivity contribution is 5.97. The molecule has 8 heteroatoms. The number of hydrogen-bond donors (Lipinski definition) is 2. The first-order chi connectivity index (χ1) is 14.1. The van der Waals surface area contributed by atoms with Gasteiger partial charge >= 0.3 is 0 Å². The largest absolute Gasteiger partial charge is 0.364 e. The van der Waals surface area contributed by atoms with Gasteiger partial charge in [-0.1, -0.05) is 30.2 Å². The average Bonchev–Trinajstić information content (AvgIpc) is 3.13. The molecule has 2 unspecified atom stereocenters. The van der Waals surface area contributed by atoms with Crippen LogP contribution in [0.2, 0.25) is 0 Å². The summed E-state index contributed by atoms with van der Waals surface area (Å²) in [6.45, 7) is 0.543. The van der Waals surface area contributed by atoms with Gasteiger partial charge in [-0.3, -0.25) is 14.4 Å². The molecule has 1 aromatic heterocycles. The normalized spacial score (nSPS) is 31.7. The molecule has 3 aliphatic rings. The zero-order chi connectivity index (χ0) is 20.2. The number of nitrogens with one attached hydrogen (secondary N) is 2. The Bertz CT molecular complexity index is 776. The van der Waals surface area contributed by atoms with Crippen molar-refractivity contribution in [3.63, 3.8) is 0 Å². The van der Waals surface area contributed by atoms with Crippen molar-refractivity contribution in [2.24, 2.45) is 5.92 Å². The van der Waals surface area contributed by atoms with Crippen molar-refractivity contribution in [3.8, 4) is 0 Å². The van der Waals surface area contributed by atoms with Crippen molar-refractivity contribution < 1.29 is 18.9 Å². The van der Waals surface area contributed by atoms with Crippen LogP contribution in [0.4, 0.5) is 0 Å². The van der Waals surface area contributed by atoms with Gasteiger partial charge in [-0.15, -0.1) is 0 Å². The summed E-state index contributed by atoms with van der Waals surface area (Å²) in [5.41, 5.74) is 0.148. The molecule has 1 saturated heterocycles. The van der Waals surface area contributed by atoms with E-state index in [2.05, 4.69) is 27.9 Å². The van der Waals surface area contributed by atoms with Crippen LogP contribution in [0.5, 0.6) is 0 Å².